The number of rotatable bonds is 7. The van der Waals surface area contributed by atoms with Crippen LogP contribution in [-0.2, 0) is 9.59 Å². The summed E-state index contributed by atoms with van der Waals surface area (Å²) in [6, 6.07) is 14.9. The minimum atomic E-state index is -1.06. The number of carbonyl (C=O) groups is 4. The molecule has 3 aromatic rings. The van der Waals surface area contributed by atoms with Gasteiger partial charge in [-0.2, -0.15) is 0 Å². The third-order valence-corrected chi connectivity index (χ3v) is 5.30. The molecule has 10 heteroatoms. The molecule has 0 bridgehead atoms. The van der Waals surface area contributed by atoms with E-state index in [0.29, 0.717) is 16.2 Å². The van der Waals surface area contributed by atoms with Gasteiger partial charge >= 0.3 is 12.0 Å². The zero-order chi connectivity index (χ0) is 26.5. The van der Waals surface area contributed by atoms with E-state index < -0.39 is 35.2 Å². The van der Waals surface area contributed by atoms with E-state index in [1.165, 1.54) is 49.6 Å². The number of nitrogens with one attached hydrogen (secondary N) is 1. The number of ether oxygens (including phenoxy) is 3. The first-order valence-electron chi connectivity index (χ1n) is 11.1. The Hall–Kier alpha value is -4.99. The van der Waals surface area contributed by atoms with Crippen LogP contribution in [0, 0.1) is 5.82 Å². The Balaban J connectivity index is 1.63. The van der Waals surface area contributed by atoms with Crippen LogP contribution in [0.1, 0.15) is 22.8 Å². The second kappa shape index (κ2) is 10.7. The summed E-state index contributed by atoms with van der Waals surface area (Å²) in [5.41, 5.74) is -0.0571. The smallest absolute Gasteiger partial charge is 0.343 e. The number of urea groups is 1. The van der Waals surface area contributed by atoms with E-state index in [1.54, 1.807) is 31.2 Å². The maximum Gasteiger partial charge on any atom is 0.343 e. The highest BCUT2D eigenvalue weighted by Gasteiger charge is 2.38. The first-order valence-corrected chi connectivity index (χ1v) is 11.1. The van der Waals surface area contributed by atoms with Gasteiger partial charge < -0.3 is 14.2 Å². The molecule has 0 aliphatic carbocycles. The number of benzene rings is 3. The van der Waals surface area contributed by atoms with Gasteiger partial charge in [0.05, 0.1) is 25.0 Å². The number of anilines is 1. The fourth-order valence-corrected chi connectivity index (χ4v) is 3.53. The monoisotopic (exact) mass is 504 g/mol. The molecule has 9 nitrogen and oxygen atoms in total. The van der Waals surface area contributed by atoms with Crippen LogP contribution >= 0.6 is 0 Å². The summed E-state index contributed by atoms with van der Waals surface area (Å²) in [6.45, 7) is 1.97. The minimum Gasteiger partial charge on any atom is -0.497 e. The van der Waals surface area contributed by atoms with Crippen LogP contribution in [-0.4, -0.2) is 37.5 Å². The van der Waals surface area contributed by atoms with Crippen molar-refractivity contribution >= 4 is 35.6 Å². The van der Waals surface area contributed by atoms with Gasteiger partial charge in [0.2, 0.25) is 0 Å². The molecular formula is C27H21FN2O7. The molecule has 37 heavy (non-hydrogen) atoms. The number of hydrogen-bond donors (Lipinski definition) is 1. The highest BCUT2D eigenvalue weighted by Crippen LogP contribution is 2.31. The summed E-state index contributed by atoms with van der Waals surface area (Å²) in [7, 11) is 1.51. The van der Waals surface area contributed by atoms with Crippen molar-refractivity contribution in [2.24, 2.45) is 0 Å². The van der Waals surface area contributed by atoms with E-state index in [0.717, 1.165) is 6.07 Å². The predicted molar refractivity (Wildman–Crippen MR) is 131 cm³/mol. The lowest BCUT2D eigenvalue weighted by Crippen LogP contribution is -2.54. The van der Waals surface area contributed by atoms with Gasteiger partial charge in [-0.1, -0.05) is 18.2 Å². The van der Waals surface area contributed by atoms with Crippen LogP contribution in [0.3, 0.4) is 0 Å². The zero-order valence-corrected chi connectivity index (χ0v) is 19.8. The molecule has 1 aliphatic heterocycles. The Labute approximate surface area is 211 Å². The van der Waals surface area contributed by atoms with E-state index >= 15 is 0 Å². The maximum absolute atomic E-state index is 14.3. The molecule has 4 amide bonds. The van der Waals surface area contributed by atoms with Gasteiger partial charge in [0.15, 0.2) is 11.5 Å². The molecule has 1 fully saturated rings. The number of imide groups is 2. The molecule has 0 aromatic heterocycles. The van der Waals surface area contributed by atoms with Crippen molar-refractivity contribution in [2.45, 2.75) is 6.92 Å². The third-order valence-electron chi connectivity index (χ3n) is 5.30. The SMILES string of the molecule is CCOc1cc(/C=C2\C(=O)NC(=O)N(c3ccccc3F)C2=O)ccc1OC(=O)c1ccc(OC)cc1. The quantitative estimate of drug-likeness (QED) is 0.223. The number of para-hydroxylation sites is 1. The van der Waals surface area contributed by atoms with Gasteiger partial charge in [-0.15, -0.1) is 0 Å². The summed E-state index contributed by atoms with van der Waals surface area (Å²) < 4.78 is 30.4. The summed E-state index contributed by atoms with van der Waals surface area (Å²) in [4.78, 5) is 50.9. The number of esters is 1. The lowest BCUT2D eigenvalue weighted by atomic mass is 10.1. The molecule has 3 aromatic carbocycles. The summed E-state index contributed by atoms with van der Waals surface area (Å²) in [5.74, 6) is -2.48. The second-order valence-corrected chi connectivity index (χ2v) is 7.67. The number of methoxy groups -OCH3 is 1. The standard InChI is InChI=1S/C27H21FN2O7/c1-3-36-23-15-16(8-13-22(23)37-26(33)17-9-11-18(35-2)12-10-17)14-19-24(31)29-27(34)30(25(19)32)21-7-5-4-6-20(21)28/h4-15H,3H2,1-2H3,(H,29,31,34)/b19-14+. The number of halogens is 1. The molecule has 1 N–H and O–H groups in total. The van der Waals surface area contributed by atoms with E-state index in [-0.39, 0.29) is 29.4 Å². The molecule has 1 aliphatic rings. The van der Waals surface area contributed by atoms with Crippen LogP contribution in [0.4, 0.5) is 14.9 Å². The fraction of sp³-hybridized carbons (Fsp3) is 0.111. The zero-order valence-electron chi connectivity index (χ0n) is 19.8. The second-order valence-electron chi connectivity index (χ2n) is 7.67. The maximum atomic E-state index is 14.3. The Morgan fingerprint density at radius 1 is 1.00 bits per heavy atom. The van der Waals surface area contributed by atoms with Gasteiger partial charge in [0.1, 0.15) is 17.1 Å². The average molecular weight is 504 g/mol. The van der Waals surface area contributed by atoms with Gasteiger partial charge in [0.25, 0.3) is 11.8 Å². The van der Waals surface area contributed by atoms with Crippen LogP contribution in [0.25, 0.3) is 6.08 Å². The first-order chi connectivity index (χ1) is 17.8. The van der Waals surface area contributed by atoms with Crippen LogP contribution < -0.4 is 24.4 Å². The molecule has 0 spiro atoms. The predicted octanol–water partition coefficient (Wildman–Crippen LogP) is 4.12. The average Bonchev–Trinajstić information content (AvgIpc) is 2.89. The van der Waals surface area contributed by atoms with E-state index in [4.69, 9.17) is 14.2 Å². The van der Waals surface area contributed by atoms with Crippen molar-refractivity contribution in [3.63, 3.8) is 0 Å². The van der Waals surface area contributed by atoms with E-state index in [1.807, 2.05) is 5.32 Å². The molecular weight excluding hydrogens is 483 g/mol. The van der Waals surface area contributed by atoms with Gasteiger partial charge in [-0.05, 0) is 67.1 Å². The molecule has 188 valence electrons. The van der Waals surface area contributed by atoms with Crippen molar-refractivity contribution in [3.05, 3.63) is 89.2 Å². The molecule has 0 unspecified atom stereocenters. The molecule has 0 atom stereocenters. The largest absolute Gasteiger partial charge is 0.497 e. The van der Waals surface area contributed by atoms with Crippen LogP contribution in [0.2, 0.25) is 0 Å². The third kappa shape index (κ3) is 5.32. The molecule has 1 saturated heterocycles. The fourth-order valence-electron chi connectivity index (χ4n) is 3.53. The first kappa shape index (κ1) is 25.1. The number of carbonyl (C=O) groups excluding carboxylic acids is 4. The van der Waals surface area contributed by atoms with Crippen molar-refractivity contribution in [1.82, 2.24) is 5.32 Å². The number of amides is 4. The van der Waals surface area contributed by atoms with Crippen LogP contribution in [0.15, 0.2) is 72.3 Å². The minimum absolute atomic E-state index is 0.118. The van der Waals surface area contributed by atoms with E-state index in [2.05, 4.69) is 0 Å². The Morgan fingerprint density at radius 2 is 1.73 bits per heavy atom. The Kier molecular flexibility index (Phi) is 7.28. The molecule has 1 heterocycles. The number of nitrogens with zero attached hydrogens (tertiary/aromatic N) is 1. The summed E-state index contributed by atoms with van der Waals surface area (Å²) in [5, 5.41) is 2.04. The molecule has 0 radical (unpaired) electrons. The van der Waals surface area contributed by atoms with Gasteiger partial charge in [-0.25, -0.2) is 18.9 Å². The van der Waals surface area contributed by atoms with Crippen molar-refractivity contribution < 1.29 is 37.8 Å². The molecule has 0 saturated carbocycles. The highest BCUT2D eigenvalue weighted by molar-refractivity contribution is 6.39. The summed E-state index contributed by atoms with van der Waals surface area (Å²) >= 11 is 0. The normalized spacial score (nSPS) is 14.4. The summed E-state index contributed by atoms with van der Waals surface area (Å²) in [6.07, 6.45) is 1.23. The molecule has 4 rings (SSSR count). The highest BCUT2D eigenvalue weighted by atomic mass is 19.1. The Bertz CT molecular complexity index is 1420. The van der Waals surface area contributed by atoms with Crippen molar-refractivity contribution in [1.29, 1.82) is 0 Å². The van der Waals surface area contributed by atoms with Crippen molar-refractivity contribution in [2.75, 3.05) is 18.6 Å². The topological polar surface area (TPSA) is 111 Å². The van der Waals surface area contributed by atoms with E-state index in [9.17, 15) is 23.6 Å². The lowest BCUT2D eigenvalue weighted by molar-refractivity contribution is -0.122. The van der Waals surface area contributed by atoms with Crippen molar-refractivity contribution in [3.8, 4) is 17.2 Å². The number of hydrogen-bond acceptors (Lipinski definition) is 7. The lowest BCUT2D eigenvalue weighted by Gasteiger charge is -2.26. The van der Waals surface area contributed by atoms with Gasteiger partial charge in [0, 0.05) is 0 Å². The van der Waals surface area contributed by atoms with Gasteiger partial charge in [-0.3, -0.25) is 14.9 Å². The van der Waals surface area contributed by atoms with Crippen LogP contribution in [0.5, 0.6) is 17.2 Å². The number of barbiturate groups is 1. The Morgan fingerprint density at radius 3 is 2.41 bits per heavy atom.